The molecule has 7 heteroatoms. The summed E-state index contributed by atoms with van der Waals surface area (Å²) < 4.78 is 11.3. The van der Waals surface area contributed by atoms with E-state index in [-0.39, 0.29) is 18.0 Å². The minimum atomic E-state index is -0.513. The fourth-order valence-corrected chi connectivity index (χ4v) is 1.84. The van der Waals surface area contributed by atoms with Crippen LogP contribution in [0.3, 0.4) is 0 Å². The van der Waals surface area contributed by atoms with E-state index in [9.17, 15) is 9.59 Å². The summed E-state index contributed by atoms with van der Waals surface area (Å²) in [4.78, 5) is 23.8. The second-order valence-corrected chi connectivity index (χ2v) is 4.44. The number of aryl methyl sites for hydroxylation is 1. The van der Waals surface area contributed by atoms with Crippen LogP contribution in [0.2, 0.25) is 0 Å². The fraction of sp³-hybridized carbons (Fsp3) is 0.267. The second-order valence-electron chi connectivity index (χ2n) is 4.44. The molecule has 0 unspecified atom stereocenters. The Bertz CT molecular complexity index is 677. The topological polar surface area (TPSA) is 82.5 Å². The Morgan fingerprint density at radius 1 is 1.27 bits per heavy atom. The maximum Gasteiger partial charge on any atom is 0.356 e. The number of carbonyl (C=O) groups is 2. The van der Waals surface area contributed by atoms with Crippen molar-refractivity contribution in [2.45, 2.75) is 6.92 Å². The monoisotopic (exact) mass is 303 g/mol. The van der Waals surface area contributed by atoms with E-state index in [0.717, 1.165) is 0 Å². The van der Waals surface area contributed by atoms with Gasteiger partial charge in [-0.1, -0.05) is 0 Å². The number of aromatic nitrogens is 2. The average molecular weight is 303 g/mol. The molecule has 1 aromatic carbocycles. The third-order valence-electron chi connectivity index (χ3n) is 2.94. The summed E-state index contributed by atoms with van der Waals surface area (Å²) in [7, 11) is 3.15. The summed E-state index contributed by atoms with van der Waals surface area (Å²) in [5.74, 6) is -0.224. The Morgan fingerprint density at radius 3 is 2.55 bits per heavy atom. The molecule has 2 rings (SSSR count). The first-order valence-electron chi connectivity index (χ1n) is 6.71. The highest BCUT2D eigenvalue weighted by Gasteiger charge is 2.18. The number of nitrogens with one attached hydrogen (secondary N) is 1. The summed E-state index contributed by atoms with van der Waals surface area (Å²) >= 11 is 0. The summed E-state index contributed by atoms with van der Waals surface area (Å²) in [6.07, 6.45) is 0. The lowest BCUT2D eigenvalue weighted by atomic mass is 10.3. The maximum atomic E-state index is 12.1. The lowest BCUT2D eigenvalue weighted by Gasteiger charge is -2.04. The second kappa shape index (κ2) is 6.75. The smallest absolute Gasteiger partial charge is 0.356 e. The standard InChI is InChI=1S/C15H17N3O4/c1-4-22-15(20)13-9-12(17-18(13)2)14(19)16-10-5-7-11(21-3)8-6-10/h5-9H,4H2,1-3H3,(H,16,19). The summed E-state index contributed by atoms with van der Waals surface area (Å²) in [6.45, 7) is 1.98. The molecule has 116 valence electrons. The molecule has 1 amide bonds. The van der Waals surface area contributed by atoms with Crippen molar-refractivity contribution < 1.29 is 19.1 Å². The number of anilines is 1. The number of nitrogens with zero attached hydrogens (tertiary/aromatic N) is 2. The number of amides is 1. The minimum absolute atomic E-state index is 0.140. The van der Waals surface area contributed by atoms with E-state index in [1.807, 2.05) is 0 Å². The van der Waals surface area contributed by atoms with Gasteiger partial charge in [0.25, 0.3) is 5.91 Å². The first-order valence-corrected chi connectivity index (χ1v) is 6.71. The summed E-state index contributed by atoms with van der Waals surface area (Å²) in [6, 6.07) is 8.30. The van der Waals surface area contributed by atoms with E-state index in [2.05, 4.69) is 10.4 Å². The average Bonchev–Trinajstić information content (AvgIpc) is 2.90. The third kappa shape index (κ3) is 3.43. The Labute approximate surface area is 127 Å². The largest absolute Gasteiger partial charge is 0.497 e. The van der Waals surface area contributed by atoms with E-state index in [4.69, 9.17) is 9.47 Å². The van der Waals surface area contributed by atoms with Gasteiger partial charge in [-0.05, 0) is 31.2 Å². The lowest BCUT2D eigenvalue weighted by Crippen LogP contribution is -2.13. The van der Waals surface area contributed by atoms with E-state index < -0.39 is 11.9 Å². The number of ether oxygens (including phenoxy) is 2. The molecule has 0 atom stereocenters. The van der Waals surface area contributed by atoms with Crippen molar-refractivity contribution in [2.75, 3.05) is 19.0 Å². The van der Waals surface area contributed by atoms with Crippen LogP contribution in [0.25, 0.3) is 0 Å². The molecule has 0 fully saturated rings. The summed E-state index contributed by atoms with van der Waals surface area (Å²) in [5, 5.41) is 6.72. The van der Waals surface area contributed by atoms with Crippen LogP contribution in [0.15, 0.2) is 30.3 Å². The zero-order valence-corrected chi connectivity index (χ0v) is 12.6. The van der Waals surface area contributed by atoms with Gasteiger partial charge in [0.2, 0.25) is 0 Å². The van der Waals surface area contributed by atoms with Gasteiger partial charge in [0, 0.05) is 18.8 Å². The first-order chi connectivity index (χ1) is 10.5. The molecule has 0 aliphatic carbocycles. The van der Waals surface area contributed by atoms with Crippen molar-refractivity contribution in [1.82, 2.24) is 9.78 Å². The molecular weight excluding hydrogens is 286 g/mol. The third-order valence-corrected chi connectivity index (χ3v) is 2.94. The van der Waals surface area contributed by atoms with Gasteiger partial charge in [-0.3, -0.25) is 9.48 Å². The highest BCUT2D eigenvalue weighted by Crippen LogP contribution is 2.16. The number of esters is 1. The van der Waals surface area contributed by atoms with Gasteiger partial charge >= 0.3 is 5.97 Å². The highest BCUT2D eigenvalue weighted by atomic mass is 16.5. The molecule has 0 spiro atoms. The van der Waals surface area contributed by atoms with Crippen LogP contribution in [0.5, 0.6) is 5.75 Å². The van der Waals surface area contributed by atoms with Crippen LogP contribution in [0, 0.1) is 0 Å². The van der Waals surface area contributed by atoms with Crippen molar-refractivity contribution in [1.29, 1.82) is 0 Å². The zero-order valence-electron chi connectivity index (χ0n) is 12.6. The highest BCUT2D eigenvalue weighted by molar-refractivity contribution is 6.04. The molecular formula is C15H17N3O4. The van der Waals surface area contributed by atoms with Crippen LogP contribution >= 0.6 is 0 Å². The molecule has 1 heterocycles. The summed E-state index contributed by atoms with van der Waals surface area (Å²) in [5.41, 5.74) is 0.970. The predicted octanol–water partition coefficient (Wildman–Crippen LogP) is 1.86. The molecule has 0 aliphatic heterocycles. The first kappa shape index (κ1) is 15.6. The molecule has 1 aromatic heterocycles. The molecule has 1 N–H and O–H groups in total. The van der Waals surface area contributed by atoms with E-state index in [1.165, 1.54) is 10.7 Å². The van der Waals surface area contributed by atoms with Crippen molar-refractivity contribution in [3.05, 3.63) is 41.7 Å². The van der Waals surface area contributed by atoms with Gasteiger partial charge in [-0.25, -0.2) is 4.79 Å². The Morgan fingerprint density at radius 2 is 1.95 bits per heavy atom. The van der Waals surface area contributed by atoms with E-state index >= 15 is 0 Å². The normalized spacial score (nSPS) is 10.1. The fourth-order valence-electron chi connectivity index (χ4n) is 1.84. The predicted molar refractivity (Wildman–Crippen MR) is 80.1 cm³/mol. The van der Waals surface area contributed by atoms with E-state index in [1.54, 1.807) is 45.3 Å². The number of hydrogen-bond acceptors (Lipinski definition) is 5. The van der Waals surface area contributed by atoms with Crippen molar-refractivity contribution in [3.8, 4) is 5.75 Å². The van der Waals surface area contributed by atoms with Gasteiger partial charge in [0.1, 0.15) is 11.4 Å². The number of carbonyl (C=O) groups excluding carboxylic acids is 2. The van der Waals surface area contributed by atoms with Crippen molar-refractivity contribution in [3.63, 3.8) is 0 Å². The van der Waals surface area contributed by atoms with Crippen LogP contribution in [0.4, 0.5) is 5.69 Å². The molecule has 7 nitrogen and oxygen atoms in total. The number of methoxy groups -OCH3 is 1. The quantitative estimate of drug-likeness (QED) is 0.852. The number of rotatable bonds is 5. The molecule has 0 saturated carbocycles. The van der Waals surface area contributed by atoms with Crippen molar-refractivity contribution >= 4 is 17.6 Å². The van der Waals surface area contributed by atoms with Gasteiger partial charge in [0.05, 0.1) is 13.7 Å². The maximum absolute atomic E-state index is 12.1. The molecule has 0 aliphatic rings. The number of benzene rings is 1. The molecule has 0 saturated heterocycles. The molecule has 2 aromatic rings. The van der Waals surface area contributed by atoms with Crippen LogP contribution in [-0.2, 0) is 11.8 Å². The Balaban J connectivity index is 2.12. The number of hydrogen-bond donors (Lipinski definition) is 1. The zero-order chi connectivity index (χ0) is 16.1. The van der Waals surface area contributed by atoms with Gasteiger partial charge in [-0.2, -0.15) is 5.10 Å². The van der Waals surface area contributed by atoms with Crippen LogP contribution in [0.1, 0.15) is 27.9 Å². The van der Waals surface area contributed by atoms with Crippen LogP contribution in [-0.4, -0.2) is 35.4 Å². The van der Waals surface area contributed by atoms with E-state index in [0.29, 0.717) is 11.4 Å². The Kier molecular flexibility index (Phi) is 4.77. The van der Waals surface area contributed by atoms with Gasteiger partial charge in [0.15, 0.2) is 5.69 Å². The molecule has 0 bridgehead atoms. The molecule has 0 radical (unpaired) electrons. The van der Waals surface area contributed by atoms with Gasteiger partial charge in [-0.15, -0.1) is 0 Å². The Hall–Kier alpha value is -2.83. The minimum Gasteiger partial charge on any atom is -0.497 e. The molecule has 22 heavy (non-hydrogen) atoms. The SMILES string of the molecule is CCOC(=O)c1cc(C(=O)Nc2ccc(OC)cc2)nn1C. The van der Waals surface area contributed by atoms with Crippen molar-refractivity contribution in [2.24, 2.45) is 7.05 Å². The lowest BCUT2D eigenvalue weighted by molar-refractivity contribution is 0.0513. The van der Waals surface area contributed by atoms with Gasteiger partial charge < -0.3 is 14.8 Å². The van der Waals surface area contributed by atoms with Crippen LogP contribution < -0.4 is 10.1 Å².